The fraction of sp³-hybridized carbons (Fsp3) is 0.875. The average molecular weight is 889 g/mol. The van der Waals surface area contributed by atoms with Gasteiger partial charge in [0.2, 0.25) is 0 Å². The summed E-state index contributed by atoms with van der Waals surface area (Å²) in [4.78, 5) is 35.7. The number of hydrogen-bond donors (Lipinski definition) is 4. The SMILES string of the molecule is CCCCCCCCCCCCCCCCCCCCCC(=O)O[C@H](COC(=O)C/C=C\C[C@H]1[C@@H](/C=C/[C@H](O)CCCCC)[C@H](O)C[C@@H]1O)COP(=O)(O)OCC[N+](C)(C)C. The summed E-state index contributed by atoms with van der Waals surface area (Å²) in [7, 11) is 1.31. The average Bonchev–Trinajstić information content (AvgIpc) is 3.47. The number of esters is 2. The van der Waals surface area contributed by atoms with Crippen LogP contribution in [0.3, 0.4) is 0 Å². The van der Waals surface area contributed by atoms with Crippen molar-refractivity contribution in [3.63, 3.8) is 0 Å². The molecule has 0 amide bonds. The van der Waals surface area contributed by atoms with Gasteiger partial charge >= 0.3 is 19.8 Å². The monoisotopic (exact) mass is 889 g/mol. The van der Waals surface area contributed by atoms with E-state index in [1.807, 2.05) is 21.1 Å². The summed E-state index contributed by atoms with van der Waals surface area (Å²) in [5, 5.41) is 31.4. The van der Waals surface area contributed by atoms with E-state index in [0.29, 0.717) is 30.3 Å². The molecule has 0 radical (unpaired) electrons. The Balaban J connectivity index is 2.46. The van der Waals surface area contributed by atoms with Crippen molar-refractivity contribution in [1.82, 2.24) is 0 Å². The van der Waals surface area contributed by atoms with Crippen LogP contribution in [-0.4, -0.2) is 109 Å². The first-order valence-corrected chi connectivity index (χ1v) is 25.8. The number of rotatable bonds is 40. The third kappa shape index (κ3) is 32.7. The molecule has 7 atom stereocenters. The Bertz CT molecular complexity index is 1210. The van der Waals surface area contributed by atoms with Crippen LogP contribution in [0.15, 0.2) is 24.3 Å². The summed E-state index contributed by atoms with van der Waals surface area (Å²) >= 11 is 0. The summed E-state index contributed by atoms with van der Waals surface area (Å²) in [5.74, 6) is -1.68. The molecule has 1 rings (SSSR count). The van der Waals surface area contributed by atoms with Crippen molar-refractivity contribution in [2.45, 2.75) is 212 Å². The standard InChI is InChI=1S/C48H90NO11P/c1-6-8-10-11-12-13-14-15-16-17-18-19-20-21-22-23-24-25-27-33-48(54)60-42(40-59-61(55,56)58-37-36-49(3,4)5)39-57-47(53)32-29-28-31-43-44(46(52)38-45(43)51)35-34-41(50)30-26-9-7-2/h28-29,34-35,41-46,50-52H,6-27,30-33,36-40H2,1-5H3/p+1/b29-28-,35-34+/t41-,42-,43+,44-,45+,46-/m1/s1. The lowest BCUT2D eigenvalue weighted by Gasteiger charge is -2.24. The highest BCUT2D eigenvalue weighted by molar-refractivity contribution is 7.47. The van der Waals surface area contributed by atoms with Crippen LogP contribution in [0.1, 0.15) is 187 Å². The third-order valence-electron chi connectivity index (χ3n) is 11.6. The van der Waals surface area contributed by atoms with Gasteiger partial charge in [-0.2, -0.15) is 0 Å². The molecule has 1 saturated carbocycles. The molecule has 0 aromatic rings. The fourth-order valence-corrected chi connectivity index (χ4v) is 8.44. The number of phosphoric ester groups is 1. The van der Waals surface area contributed by atoms with E-state index in [-0.39, 0.29) is 44.3 Å². The highest BCUT2D eigenvalue weighted by Gasteiger charge is 2.39. The Labute approximate surface area is 371 Å². The lowest BCUT2D eigenvalue weighted by Crippen LogP contribution is -2.37. The van der Waals surface area contributed by atoms with E-state index in [1.54, 1.807) is 24.3 Å². The molecule has 0 bridgehead atoms. The van der Waals surface area contributed by atoms with Crippen LogP contribution in [0.4, 0.5) is 0 Å². The second kappa shape index (κ2) is 35.7. The lowest BCUT2D eigenvalue weighted by molar-refractivity contribution is -0.870. The zero-order chi connectivity index (χ0) is 45.2. The topological polar surface area (TPSA) is 169 Å². The minimum absolute atomic E-state index is 0.0165. The molecule has 1 unspecified atom stereocenters. The second-order valence-corrected chi connectivity index (χ2v) is 19.9. The highest BCUT2D eigenvalue weighted by Crippen LogP contribution is 2.43. The molecule has 1 fully saturated rings. The summed E-state index contributed by atoms with van der Waals surface area (Å²) in [6.45, 7) is 3.97. The van der Waals surface area contributed by atoms with Crippen molar-refractivity contribution in [1.29, 1.82) is 0 Å². The third-order valence-corrected chi connectivity index (χ3v) is 12.6. The van der Waals surface area contributed by atoms with E-state index >= 15 is 0 Å². The van der Waals surface area contributed by atoms with Gasteiger partial charge < -0.3 is 34.2 Å². The molecule has 61 heavy (non-hydrogen) atoms. The number of aliphatic hydroxyl groups excluding tert-OH is 3. The van der Waals surface area contributed by atoms with Crippen molar-refractivity contribution >= 4 is 19.8 Å². The maximum atomic E-state index is 12.8. The van der Waals surface area contributed by atoms with Crippen LogP contribution >= 0.6 is 7.82 Å². The van der Waals surface area contributed by atoms with Crippen molar-refractivity contribution in [2.75, 3.05) is 47.5 Å². The van der Waals surface area contributed by atoms with Gasteiger partial charge in [-0.05, 0) is 25.2 Å². The minimum Gasteiger partial charge on any atom is -0.461 e. The molecule has 13 heteroatoms. The van der Waals surface area contributed by atoms with E-state index in [9.17, 15) is 34.4 Å². The van der Waals surface area contributed by atoms with Gasteiger partial charge in [-0.25, -0.2) is 4.57 Å². The first-order valence-electron chi connectivity index (χ1n) is 24.3. The van der Waals surface area contributed by atoms with Crippen LogP contribution in [0.2, 0.25) is 0 Å². The van der Waals surface area contributed by atoms with Gasteiger partial charge in [-0.1, -0.05) is 173 Å². The maximum Gasteiger partial charge on any atom is 0.472 e. The molecule has 1 aliphatic rings. The molecule has 0 heterocycles. The van der Waals surface area contributed by atoms with E-state index in [1.165, 1.54) is 96.3 Å². The zero-order valence-electron chi connectivity index (χ0n) is 39.2. The maximum absolute atomic E-state index is 12.8. The Morgan fingerprint density at radius 1 is 0.705 bits per heavy atom. The molecule has 0 saturated heterocycles. The Morgan fingerprint density at radius 3 is 1.77 bits per heavy atom. The summed E-state index contributed by atoms with van der Waals surface area (Å²) < 4.78 is 34.3. The van der Waals surface area contributed by atoms with Crippen molar-refractivity contribution in [3.05, 3.63) is 24.3 Å². The van der Waals surface area contributed by atoms with Crippen LogP contribution in [0.5, 0.6) is 0 Å². The normalized spacial score (nSPS) is 20.3. The quantitative estimate of drug-likeness (QED) is 0.0152. The van der Waals surface area contributed by atoms with E-state index < -0.39 is 50.8 Å². The predicted octanol–water partition coefficient (Wildman–Crippen LogP) is 10.3. The molecule has 1 aliphatic carbocycles. The first-order chi connectivity index (χ1) is 29.2. The zero-order valence-corrected chi connectivity index (χ0v) is 40.1. The van der Waals surface area contributed by atoms with Gasteiger partial charge in [-0.3, -0.25) is 18.6 Å². The number of unbranched alkanes of at least 4 members (excludes halogenated alkanes) is 20. The van der Waals surface area contributed by atoms with Gasteiger partial charge in [0.25, 0.3) is 0 Å². The van der Waals surface area contributed by atoms with Gasteiger partial charge in [0.05, 0.1) is 52.5 Å². The summed E-state index contributed by atoms with van der Waals surface area (Å²) in [5.41, 5.74) is 0. The molecule has 0 aromatic carbocycles. The molecule has 0 aliphatic heterocycles. The number of ether oxygens (including phenoxy) is 2. The van der Waals surface area contributed by atoms with Crippen LogP contribution in [0.25, 0.3) is 0 Å². The Kier molecular flexibility index (Phi) is 33.6. The molecular weight excluding hydrogens is 797 g/mol. The van der Waals surface area contributed by atoms with Crippen LogP contribution < -0.4 is 0 Å². The number of phosphoric acid groups is 1. The van der Waals surface area contributed by atoms with Gasteiger partial charge in [0.15, 0.2) is 6.10 Å². The van der Waals surface area contributed by atoms with Crippen molar-refractivity contribution < 1.29 is 57.4 Å². The van der Waals surface area contributed by atoms with Gasteiger partial charge in [0.1, 0.15) is 19.8 Å². The highest BCUT2D eigenvalue weighted by atomic mass is 31.2. The van der Waals surface area contributed by atoms with Crippen LogP contribution in [0, 0.1) is 11.8 Å². The predicted molar refractivity (Wildman–Crippen MR) is 245 cm³/mol. The van der Waals surface area contributed by atoms with Gasteiger partial charge in [-0.15, -0.1) is 0 Å². The Morgan fingerprint density at radius 2 is 1.23 bits per heavy atom. The number of carbonyl (C=O) groups is 2. The number of aliphatic hydroxyl groups is 3. The van der Waals surface area contributed by atoms with Gasteiger partial charge in [0, 0.05) is 18.8 Å². The summed E-state index contributed by atoms with van der Waals surface area (Å²) in [6, 6.07) is 0. The molecular formula is C48H91NO11P+. The molecule has 0 spiro atoms. The van der Waals surface area contributed by atoms with Crippen LogP contribution in [-0.2, 0) is 32.7 Å². The number of carbonyl (C=O) groups excluding carboxylic acids is 2. The number of quaternary nitrogens is 1. The van der Waals surface area contributed by atoms with E-state index in [2.05, 4.69) is 13.8 Å². The van der Waals surface area contributed by atoms with Crippen molar-refractivity contribution in [2.24, 2.45) is 11.8 Å². The molecule has 0 aromatic heterocycles. The number of allylic oxidation sites excluding steroid dienone is 1. The lowest BCUT2D eigenvalue weighted by atomic mass is 9.89. The Hall–Kier alpha value is -1.63. The van der Waals surface area contributed by atoms with E-state index in [0.717, 1.165) is 38.5 Å². The molecule has 4 N–H and O–H groups in total. The fourth-order valence-electron chi connectivity index (χ4n) is 7.69. The first kappa shape index (κ1) is 57.4. The smallest absolute Gasteiger partial charge is 0.461 e. The van der Waals surface area contributed by atoms with Crippen molar-refractivity contribution in [3.8, 4) is 0 Å². The molecule has 358 valence electrons. The second-order valence-electron chi connectivity index (χ2n) is 18.5. The minimum atomic E-state index is -4.46. The summed E-state index contributed by atoms with van der Waals surface area (Å²) in [6.07, 6.45) is 32.1. The largest absolute Gasteiger partial charge is 0.472 e. The van der Waals surface area contributed by atoms with E-state index in [4.69, 9.17) is 18.5 Å². The number of nitrogens with zero attached hydrogens (tertiary/aromatic N) is 1. The molecule has 12 nitrogen and oxygen atoms in total. The number of likely N-dealkylation sites (N-methyl/N-ethyl adjacent to an activating group) is 1. The number of hydrogen-bond acceptors (Lipinski definition) is 10.